The van der Waals surface area contributed by atoms with E-state index in [0.717, 1.165) is 6.26 Å². The number of carbonyl (C=O) groups is 1. The second-order valence-electron chi connectivity index (χ2n) is 4.68. The monoisotopic (exact) mass is 310 g/mol. The number of anilines is 1. The number of amides is 1. The highest BCUT2D eigenvalue weighted by molar-refractivity contribution is 7.90. The maximum Gasteiger partial charge on any atom is 0.225 e. The van der Waals surface area contributed by atoms with Gasteiger partial charge in [0.2, 0.25) is 5.91 Å². The maximum atomic E-state index is 13.8. The van der Waals surface area contributed by atoms with Gasteiger partial charge in [-0.25, -0.2) is 12.8 Å². The fourth-order valence-electron chi connectivity index (χ4n) is 1.78. The predicted molar refractivity (Wildman–Crippen MR) is 78.7 cm³/mol. The first-order valence-corrected chi connectivity index (χ1v) is 8.32. The standard InChI is InChI=1S/C14H15FN2O3S/c1-21(19,20)9-6-14(18)16-11-4-5-12(15)13(10-11)17-7-2-3-8-17/h2-5,7-8,10H,6,9H2,1H3,(H,16,18). The van der Waals surface area contributed by atoms with Gasteiger partial charge >= 0.3 is 0 Å². The van der Waals surface area contributed by atoms with Gasteiger partial charge in [0, 0.05) is 30.8 Å². The molecular formula is C14H15FN2O3S. The summed E-state index contributed by atoms with van der Waals surface area (Å²) in [5, 5.41) is 2.56. The molecule has 7 heteroatoms. The topological polar surface area (TPSA) is 68.2 Å². The van der Waals surface area contributed by atoms with Crippen LogP contribution in [0.5, 0.6) is 0 Å². The van der Waals surface area contributed by atoms with Crippen molar-refractivity contribution in [2.75, 3.05) is 17.3 Å². The summed E-state index contributed by atoms with van der Waals surface area (Å²) in [5.74, 6) is -1.06. The van der Waals surface area contributed by atoms with Crippen LogP contribution in [0.2, 0.25) is 0 Å². The average molecular weight is 310 g/mol. The predicted octanol–water partition coefficient (Wildman–Crippen LogP) is 1.99. The number of sulfone groups is 1. The molecule has 0 bridgehead atoms. The van der Waals surface area contributed by atoms with Crippen LogP contribution >= 0.6 is 0 Å². The van der Waals surface area contributed by atoms with Crippen LogP contribution in [0.4, 0.5) is 10.1 Å². The summed E-state index contributed by atoms with van der Waals surface area (Å²) in [6, 6.07) is 7.70. The molecule has 112 valence electrons. The van der Waals surface area contributed by atoms with Crippen LogP contribution in [0.15, 0.2) is 42.7 Å². The fraction of sp³-hybridized carbons (Fsp3) is 0.214. The van der Waals surface area contributed by atoms with Gasteiger partial charge < -0.3 is 9.88 Å². The summed E-state index contributed by atoms with van der Waals surface area (Å²) in [5.41, 5.74) is 0.722. The third-order valence-electron chi connectivity index (χ3n) is 2.81. The third kappa shape index (κ3) is 4.42. The highest BCUT2D eigenvalue weighted by Gasteiger charge is 2.10. The molecule has 0 spiro atoms. The Kier molecular flexibility index (Phi) is 4.42. The molecule has 2 aromatic rings. The van der Waals surface area contributed by atoms with Crippen LogP contribution in [0.3, 0.4) is 0 Å². The van der Waals surface area contributed by atoms with Crippen molar-refractivity contribution < 1.29 is 17.6 Å². The van der Waals surface area contributed by atoms with Crippen molar-refractivity contribution in [2.45, 2.75) is 6.42 Å². The number of aromatic nitrogens is 1. The zero-order valence-corrected chi connectivity index (χ0v) is 12.2. The van der Waals surface area contributed by atoms with Crippen molar-refractivity contribution in [1.82, 2.24) is 4.57 Å². The van der Waals surface area contributed by atoms with Gasteiger partial charge in [-0.05, 0) is 30.3 Å². The van der Waals surface area contributed by atoms with Crippen molar-refractivity contribution in [3.63, 3.8) is 0 Å². The first-order chi connectivity index (χ1) is 9.85. The number of rotatable bonds is 5. The summed E-state index contributed by atoms with van der Waals surface area (Å²) in [7, 11) is -3.19. The summed E-state index contributed by atoms with van der Waals surface area (Å²) in [6.45, 7) is 0. The Hall–Kier alpha value is -2.15. The van der Waals surface area contributed by atoms with E-state index in [2.05, 4.69) is 5.32 Å². The Morgan fingerprint density at radius 3 is 2.57 bits per heavy atom. The largest absolute Gasteiger partial charge is 0.326 e. The Balaban J connectivity index is 2.11. The van der Waals surface area contributed by atoms with Gasteiger partial charge in [-0.1, -0.05) is 0 Å². The zero-order valence-electron chi connectivity index (χ0n) is 11.4. The van der Waals surface area contributed by atoms with Crippen LogP contribution in [0.1, 0.15) is 6.42 Å². The highest BCUT2D eigenvalue weighted by Crippen LogP contribution is 2.19. The van der Waals surface area contributed by atoms with Crippen molar-refractivity contribution in [3.8, 4) is 5.69 Å². The molecule has 0 aliphatic heterocycles. The SMILES string of the molecule is CS(=O)(=O)CCC(=O)Nc1ccc(F)c(-n2cccc2)c1. The summed E-state index contributed by atoms with van der Waals surface area (Å²) in [4.78, 5) is 11.7. The molecule has 0 unspecified atom stereocenters. The van der Waals surface area contributed by atoms with E-state index in [1.54, 1.807) is 29.1 Å². The molecule has 2 rings (SSSR count). The minimum absolute atomic E-state index is 0.130. The molecule has 0 saturated heterocycles. The molecule has 0 atom stereocenters. The van der Waals surface area contributed by atoms with Gasteiger partial charge in [0.25, 0.3) is 0 Å². The molecule has 0 fully saturated rings. The van der Waals surface area contributed by atoms with Crippen LogP contribution in [-0.2, 0) is 14.6 Å². The van der Waals surface area contributed by atoms with Gasteiger partial charge in [0.15, 0.2) is 0 Å². The summed E-state index contributed by atoms with van der Waals surface area (Å²) in [6.07, 6.45) is 4.32. The van der Waals surface area contributed by atoms with E-state index in [-0.39, 0.29) is 12.2 Å². The van der Waals surface area contributed by atoms with E-state index in [1.807, 2.05) is 0 Å². The van der Waals surface area contributed by atoms with Gasteiger partial charge in [0.1, 0.15) is 15.7 Å². The first-order valence-electron chi connectivity index (χ1n) is 6.25. The van der Waals surface area contributed by atoms with Crippen LogP contribution in [0, 0.1) is 5.82 Å². The highest BCUT2D eigenvalue weighted by atomic mass is 32.2. The quantitative estimate of drug-likeness (QED) is 0.918. The van der Waals surface area contributed by atoms with Gasteiger partial charge in [-0.3, -0.25) is 4.79 Å². The number of hydrogen-bond acceptors (Lipinski definition) is 3. The summed E-state index contributed by atoms with van der Waals surface area (Å²) < 4.78 is 37.4. The lowest BCUT2D eigenvalue weighted by molar-refractivity contribution is -0.115. The molecule has 1 aromatic carbocycles. The number of carbonyl (C=O) groups excluding carboxylic acids is 1. The minimum Gasteiger partial charge on any atom is -0.326 e. The van der Waals surface area contributed by atoms with Crippen LogP contribution in [-0.4, -0.2) is 30.9 Å². The number of benzene rings is 1. The van der Waals surface area contributed by atoms with E-state index >= 15 is 0 Å². The van der Waals surface area contributed by atoms with Crippen LogP contribution in [0.25, 0.3) is 5.69 Å². The smallest absolute Gasteiger partial charge is 0.225 e. The molecule has 0 aliphatic rings. The summed E-state index contributed by atoms with van der Waals surface area (Å²) >= 11 is 0. The third-order valence-corrected chi connectivity index (χ3v) is 3.76. The molecule has 1 amide bonds. The Morgan fingerprint density at radius 2 is 1.95 bits per heavy atom. The Morgan fingerprint density at radius 1 is 1.29 bits per heavy atom. The molecule has 5 nitrogen and oxygen atoms in total. The number of halogens is 1. The Bertz CT molecular complexity index is 740. The van der Waals surface area contributed by atoms with Crippen molar-refractivity contribution >= 4 is 21.4 Å². The van der Waals surface area contributed by atoms with E-state index in [9.17, 15) is 17.6 Å². The molecule has 1 aromatic heterocycles. The molecular weight excluding hydrogens is 295 g/mol. The fourth-order valence-corrected chi connectivity index (χ4v) is 2.34. The minimum atomic E-state index is -3.19. The normalized spacial score (nSPS) is 11.3. The maximum absolute atomic E-state index is 13.8. The van der Waals surface area contributed by atoms with E-state index in [1.165, 1.54) is 18.2 Å². The lowest BCUT2D eigenvalue weighted by Gasteiger charge is -2.09. The van der Waals surface area contributed by atoms with Crippen molar-refractivity contribution in [2.24, 2.45) is 0 Å². The number of hydrogen-bond donors (Lipinski definition) is 1. The lowest BCUT2D eigenvalue weighted by atomic mass is 10.2. The molecule has 1 N–H and O–H groups in total. The van der Waals surface area contributed by atoms with E-state index in [4.69, 9.17) is 0 Å². The van der Waals surface area contributed by atoms with Gasteiger partial charge in [0.05, 0.1) is 11.4 Å². The van der Waals surface area contributed by atoms with Gasteiger partial charge in [-0.15, -0.1) is 0 Å². The number of nitrogens with one attached hydrogen (secondary N) is 1. The van der Waals surface area contributed by atoms with Crippen molar-refractivity contribution in [3.05, 3.63) is 48.5 Å². The van der Waals surface area contributed by atoms with Crippen molar-refractivity contribution in [1.29, 1.82) is 0 Å². The second kappa shape index (κ2) is 6.09. The van der Waals surface area contributed by atoms with E-state index < -0.39 is 21.6 Å². The lowest BCUT2D eigenvalue weighted by Crippen LogP contribution is -2.16. The molecule has 1 heterocycles. The first kappa shape index (κ1) is 15.2. The molecule has 0 aliphatic carbocycles. The molecule has 21 heavy (non-hydrogen) atoms. The zero-order chi connectivity index (χ0) is 15.5. The second-order valence-corrected chi connectivity index (χ2v) is 6.94. The van der Waals surface area contributed by atoms with E-state index in [0.29, 0.717) is 11.4 Å². The Labute approximate surface area is 122 Å². The average Bonchev–Trinajstić information content (AvgIpc) is 2.92. The molecule has 0 radical (unpaired) electrons. The molecule has 0 saturated carbocycles. The number of nitrogens with zero attached hydrogens (tertiary/aromatic N) is 1. The van der Waals surface area contributed by atoms with Crippen LogP contribution < -0.4 is 5.32 Å². The van der Waals surface area contributed by atoms with Gasteiger partial charge in [-0.2, -0.15) is 0 Å².